The minimum absolute atomic E-state index is 0.367. The fourth-order valence-corrected chi connectivity index (χ4v) is 2.92. The zero-order valence-corrected chi connectivity index (χ0v) is 9.62. The van der Waals surface area contributed by atoms with Crippen LogP contribution in [-0.4, -0.2) is 8.80 Å². The van der Waals surface area contributed by atoms with Crippen LogP contribution in [0.1, 0.15) is 0 Å². The van der Waals surface area contributed by atoms with Crippen LogP contribution in [0.25, 0.3) is 11.1 Å². The molecule has 0 unspecified atom stereocenters. The van der Waals surface area contributed by atoms with E-state index < -0.39 is 0 Å². The van der Waals surface area contributed by atoms with Crippen LogP contribution >= 0.6 is 0 Å². The molecule has 0 fully saturated rings. The fraction of sp³-hybridized carbons (Fsp3) is 0.154. The molecule has 0 saturated heterocycles. The first-order chi connectivity index (χ1) is 6.79. The summed E-state index contributed by atoms with van der Waals surface area (Å²) in [5, 5.41) is 1.53. The Bertz CT molecular complexity index is 399. The lowest BCUT2D eigenvalue weighted by Crippen LogP contribution is -2.24. The third-order valence-corrected chi connectivity index (χ3v) is 3.95. The number of hydrogen-bond acceptors (Lipinski definition) is 0. The Morgan fingerprint density at radius 3 is 2.21 bits per heavy atom. The van der Waals surface area contributed by atoms with Crippen LogP contribution in [0, 0.1) is 0 Å². The van der Waals surface area contributed by atoms with Gasteiger partial charge in [-0.2, -0.15) is 12.1 Å². The first-order valence-electron chi connectivity index (χ1n) is 4.90. The van der Waals surface area contributed by atoms with Gasteiger partial charge in [0.15, 0.2) is 0 Å². The van der Waals surface area contributed by atoms with Crippen molar-refractivity contribution in [2.24, 2.45) is 0 Å². The van der Waals surface area contributed by atoms with Crippen molar-refractivity contribution in [2.75, 3.05) is 0 Å². The largest absolute Gasteiger partial charge is 0.152 e. The van der Waals surface area contributed by atoms with Gasteiger partial charge in [-0.05, 0) is 0 Å². The van der Waals surface area contributed by atoms with Gasteiger partial charge in [-0.3, -0.25) is 0 Å². The van der Waals surface area contributed by atoms with Crippen LogP contribution in [0.3, 0.4) is 0 Å². The highest BCUT2D eigenvalue weighted by Crippen LogP contribution is 2.17. The van der Waals surface area contributed by atoms with Crippen LogP contribution < -0.4 is 5.19 Å². The van der Waals surface area contributed by atoms with Crippen LogP contribution in [0.15, 0.2) is 48.5 Å². The van der Waals surface area contributed by atoms with E-state index in [4.69, 9.17) is 0 Å². The van der Waals surface area contributed by atoms with Crippen LogP contribution in [0.4, 0.5) is 0 Å². The monoisotopic (exact) mass is 198 g/mol. The van der Waals surface area contributed by atoms with Crippen molar-refractivity contribution in [1.29, 1.82) is 0 Å². The number of benzene rings is 1. The molecule has 2 aromatic rings. The highest BCUT2D eigenvalue weighted by Gasteiger charge is 2.02. The Labute approximate surface area is 87.2 Å². The van der Waals surface area contributed by atoms with E-state index in [9.17, 15) is 0 Å². The summed E-state index contributed by atoms with van der Waals surface area (Å²) >= 11 is 0. The summed E-state index contributed by atoms with van der Waals surface area (Å²) in [5.74, 6) is 0. The summed E-state index contributed by atoms with van der Waals surface area (Å²) in [4.78, 5) is 0. The molecule has 0 amide bonds. The maximum absolute atomic E-state index is 2.34. The van der Waals surface area contributed by atoms with Gasteiger partial charge in [-0.25, -0.2) is 0 Å². The van der Waals surface area contributed by atoms with Crippen molar-refractivity contribution >= 4 is 14.0 Å². The Morgan fingerprint density at radius 2 is 1.57 bits per heavy atom. The van der Waals surface area contributed by atoms with E-state index in [2.05, 4.69) is 61.6 Å². The lowest BCUT2D eigenvalue weighted by Gasteiger charge is -2.16. The second-order valence-electron chi connectivity index (χ2n) is 3.72. The van der Waals surface area contributed by atoms with Gasteiger partial charge in [0.05, 0.1) is 0 Å². The molecule has 0 aromatic heterocycles. The highest BCUT2D eigenvalue weighted by atomic mass is 28.3. The quantitative estimate of drug-likeness (QED) is 0.514. The van der Waals surface area contributed by atoms with Crippen molar-refractivity contribution in [2.45, 2.75) is 13.1 Å². The van der Waals surface area contributed by atoms with Gasteiger partial charge in [0.25, 0.3) is 0 Å². The SMILES string of the molecule is C[Si](C)c1ccccc1-[c-]1cccc1. The van der Waals surface area contributed by atoms with E-state index in [1.807, 2.05) is 0 Å². The Morgan fingerprint density at radius 1 is 0.929 bits per heavy atom. The molecule has 2 rings (SSSR count). The van der Waals surface area contributed by atoms with E-state index in [-0.39, 0.29) is 8.80 Å². The van der Waals surface area contributed by atoms with E-state index in [0.717, 1.165) is 0 Å². The molecular formula is C13H14Si-. The lowest BCUT2D eigenvalue weighted by molar-refractivity contribution is 1.70. The zero-order chi connectivity index (χ0) is 9.97. The normalized spacial score (nSPS) is 10.8. The molecule has 0 saturated carbocycles. The molecule has 71 valence electrons. The summed E-state index contributed by atoms with van der Waals surface area (Å²) in [7, 11) is -0.367. The van der Waals surface area contributed by atoms with Gasteiger partial charge in [0.1, 0.15) is 0 Å². The maximum atomic E-state index is 2.34. The Balaban J connectivity index is 2.53. The predicted molar refractivity (Wildman–Crippen MR) is 64.6 cm³/mol. The van der Waals surface area contributed by atoms with Crippen LogP contribution in [-0.2, 0) is 0 Å². The van der Waals surface area contributed by atoms with Crippen molar-refractivity contribution in [3.8, 4) is 11.1 Å². The zero-order valence-electron chi connectivity index (χ0n) is 8.62. The third-order valence-electron chi connectivity index (χ3n) is 2.44. The summed E-state index contributed by atoms with van der Waals surface area (Å²) < 4.78 is 0. The van der Waals surface area contributed by atoms with E-state index in [0.29, 0.717) is 0 Å². The minimum atomic E-state index is -0.367. The molecule has 0 heterocycles. The fourth-order valence-electron chi connectivity index (χ4n) is 1.72. The van der Waals surface area contributed by atoms with E-state index in [1.54, 1.807) is 0 Å². The van der Waals surface area contributed by atoms with E-state index >= 15 is 0 Å². The molecule has 0 atom stereocenters. The molecule has 2 aromatic carbocycles. The van der Waals surface area contributed by atoms with Crippen molar-refractivity contribution in [3.63, 3.8) is 0 Å². The smallest absolute Gasteiger partial charge is 0.0338 e. The Kier molecular flexibility index (Phi) is 2.59. The summed E-state index contributed by atoms with van der Waals surface area (Å²) in [5.41, 5.74) is 2.77. The molecule has 0 aliphatic carbocycles. The minimum Gasteiger partial charge on any atom is -0.152 e. The molecule has 1 heteroatoms. The molecule has 0 aliphatic heterocycles. The maximum Gasteiger partial charge on any atom is 0.0338 e. The molecule has 0 N–H and O–H groups in total. The van der Waals surface area contributed by atoms with Gasteiger partial charge in [-0.1, -0.05) is 36.9 Å². The van der Waals surface area contributed by atoms with Crippen LogP contribution in [0.2, 0.25) is 13.1 Å². The molecule has 0 spiro atoms. The van der Waals surface area contributed by atoms with Gasteiger partial charge >= 0.3 is 0 Å². The highest BCUT2D eigenvalue weighted by molar-refractivity contribution is 6.72. The number of hydrogen-bond donors (Lipinski definition) is 0. The lowest BCUT2D eigenvalue weighted by atomic mass is 10.1. The molecule has 0 bridgehead atoms. The first-order valence-corrected chi connectivity index (χ1v) is 7.40. The van der Waals surface area contributed by atoms with Crippen molar-refractivity contribution in [1.82, 2.24) is 0 Å². The second-order valence-corrected chi connectivity index (χ2v) is 6.26. The molecule has 1 radical (unpaired) electrons. The average molecular weight is 198 g/mol. The number of rotatable bonds is 2. The van der Waals surface area contributed by atoms with Crippen molar-refractivity contribution in [3.05, 3.63) is 48.5 Å². The molecule has 0 aliphatic rings. The topological polar surface area (TPSA) is 0 Å². The predicted octanol–water partition coefficient (Wildman–Crippen LogP) is 3.03. The van der Waals surface area contributed by atoms with Gasteiger partial charge in [0, 0.05) is 8.80 Å². The second kappa shape index (κ2) is 3.89. The average Bonchev–Trinajstić information content (AvgIpc) is 2.70. The molecular weight excluding hydrogens is 184 g/mol. The summed E-state index contributed by atoms with van der Waals surface area (Å²) in [6.07, 6.45) is 0. The molecule has 14 heavy (non-hydrogen) atoms. The molecule has 0 nitrogen and oxygen atoms in total. The summed E-state index contributed by atoms with van der Waals surface area (Å²) in [6, 6.07) is 17.3. The van der Waals surface area contributed by atoms with Gasteiger partial charge in [0.2, 0.25) is 0 Å². The van der Waals surface area contributed by atoms with Crippen molar-refractivity contribution < 1.29 is 0 Å². The van der Waals surface area contributed by atoms with E-state index in [1.165, 1.54) is 16.3 Å². The van der Waals surface area contributed by atoms with Gasteiger partial charge in [-0.15, -0.1) is 28.9 Å². The first kappa shape index (κ1) is 9.35. The van der Waals surface area contributed by atoms with Crippen LogP contribution in [0.5, 0.6) is 0 Å². The standard InChI is InChI=1S/C13H14Si/c1-14(2)13-10-6-5-9-12(13)11-7-3-4-8-11/h3-10H,1-2H3/q-1. The summed E-state index contributed by atoms with van der Waals surface area (Å²) in [6.45, 7) is 4.68. The van der Waals surface area contributed by atoms with Gasteiger partial charge < -0.3 is 0 Å². The Hall–Kier alpha value is -1.21. The third kappa shape index (κ3) is 1.68.